The van der Waals surface area contributed by atoms with Gasteiger partial charge >= 0.3 is 0 Å². The molecule has 1 amide bonds. The number of hydrogen-bond donors (Lipinski definition) is 2. The van der Waals surface area contributed by atoms with Crippen LogP contribution in [0.1, 0.15) is 25.3 Å². The molecule has 1 aromatic carbocycles. The highest BCUT2D eigenvalue weighted by Crippen LogP contribution is 2.26. The molecule has 2 rings (SSSR count). The lowest BCUT2D eigenvalue weighted by Crippen LogP contribution is -2.43. The van der Waals surface area contributed by atoms with Gasteiger partial charge in [0.05, 0.1) is 6.42 Å². The molecule has 1 fully saturated rings. The molecule has 1 aliphatic carbocycles. The molecule has 0 spiro atoms. The van der Waals surface area contributed by atoms with Crippen LogP contribution < -0.4 is 5.32 Å². The van der Waals surface area contributed by atoms with Crippen molar-refractivity contribution >= 4 is 5.91 Å². The van der Waals surface area contributed by atoms with Crippen LogP contribution in [-0.2, 0) is 11.2 Å². The van der Waals surface area contributed by atoms with Crippen molar-refractivity contribution in [2.24, 2.45) is 5.92 Å². The lowest BCUT2D eigenvalue weighted by molar-refractivity contribution is -0.122. The SMILES string of the molecule is CC1CC(NC(=O)Cc2ccccc2O)C1. The summed E-state index contributed by atoms with van der Waals surface area (Å²) in [6.45, 7) is 2.19. The summed E-state index contributed by atoms with van der Waals surface area (Å²) in [7, 11) is 0. The molecule has 86 valence electrons. The number of para-hydroxylation sites is 1. The van der Waals surface area contributed by atoms with Crippen molar-refractivity contribution in [1.29, 1.82) is 0 Å². The Morgan fingerprint density at radius 1 is 1.44 bits per heavy atom. The predicted molar refractivity (Wildman–Crippen MR) is 62.1 cm³/mol. The Bertz CT molecular complexity index is 383. The van der Waals surface area contributed by atoms with Crippen LogP contribution in [0.3, 0.4) is 0 Å². The minimum Gasteiger partial charge on any atom is -0.508 e. The lowest BCUT2D eigenvalue weighted by Gasteiger charge is -2.33. The average Bonchev–Trinajstić information content (AvgIpc) is 2.19. The number of carbonyl (C=O) groups is 1. The molecule has 0 saturated heterocycles. The molecule has 1 aliphatic rings. The third-order valence-corrected chi connectivity index (χ3v) is 3.08. The molecule has 2 N–H and O–H groups in total. The Morgan fingerprint density at radius 3 is 2.75 bits per heavy atom. The summed E-state index contributed by atoms with van der Waals surface area (Å²) in [6.07, 6.45) is 2.41. The first-order valence-electron chi connectivity index (χ1n) is 5.71. The maximum absolute atomic E-state index is 11.7. The molecular formula is C13H17NO2. The number of benzene rings is 1. The fourth-order valence-electron chi connectivity index (χ4n) is 2.13. The summed E-state index contributed by atoms with van der Waals surface area (Å²) in [5, 5.41) is 12.5. The van der Waals surface area contributed by atoms with Crippen LogP contribution in [0.2, 0.25) is 0 Å². The number of rotatable bonds is 3. The second kappa shape index (κ2) is 4.56. The predicted octanol–water partition coefficient (Wildman–Crippen LogP) is 1.85. The first kappa shape index (κ1) is 11.0. The van der Waals surface area contributed by atoms with E-state index in [0.717, 1.165) is 18.8 Å². The van der Waals surface area contributed by atoms with E-state index in [-0.39, 0.29) is 18.1 Å². The van der Waals surface area contributed by atoms with Gasteiger partial charge in [-0.25, -0.2) is 0 Å². The number of phenols is 1. The minimum absolute atomic E-state index is 0.00148. The fraction of sp³-hybridized carbons (Fsp3) is 0.462. The second-order valence-electron chi connectivity index (χ2n) is 4.65. The molecule has 3 heteroatoms. The smallest absolute Gasteiger partial charge is 0.224 e. The van der Waals surface area contributed by atoms with Gasteiger partial charge < -0.3 is 10.4 Å². The van der Waals surface area contributed by atoms with Crippen molar-refractivity contribution in [2.45, 2.75) is 32.2 Å². The summed E-state index contributed by atoms with van der Waals surface area (Å²) in [6, 6.07) is 7.30. The molecule has 0 aromatic heterocycles. The number of aromatic hydroxyl groups is 1. The zero-order valence-corrected chi connectivity index (χ0v) is 9.44. The van der Waals surface area contributed by atoms with E-state index >= 15 is 0 Å². The Labute approximate surface area is 95.5 Å². The minimum atomic E-state index is -0.00148. The van der Waals surface area contributed by atoms with Gasteiger partial charge in [-0.1, -0.05) is 25.1 Å². The van der Waals surface area contributed by atoms with Crippen molar-refractivity contribution < 1.29 is 9.90 Å². The zero-order valence-electron chi connectivity index (χ0n) is 9.44. The fourth-order valence-corrected chi connectivity index (χ4v) is 2.13. The number of carbonyl (C=O) groups excluding carboxylic acids is 1. The third-order valence-electron chi connectivity index (χ3n) is 3.08. The van der Waals surface area contributed by atoms with Gasteiger partial charge in [-0.15, -0.1) is 0 Å². The Balaban J connectivity index is 1.85. The monoisotopic (exact) mass is 219 g/mol. The molecule has 0 aliphatic heterocycles. The Morgan fingerprint density at radius 2 is 2.12 bits per heavy atom. The molecule has 0 radical (unpaired) electrons. The molecule has 0 heterocycles. The van der Waals surface area contributed by atoms with Crippen LogP contribution in [0.15, 0.2) is 24.3 Å². The second-order valence-corrected chi connectivity index (χ2v) is 4.65. The highest BCUT2D eigenvalue weighted by Gasteiger charge is 2.26. The van der Waals surface area contributed by atoms with E-state index in [9.17, 15) is 9.90 Å². The number of nitrogens with one attached hydrogen (secondary N) is 1. The van der Waals surface area contributed by atoms with Crippen LogP contribution in [0.25, 0.3) is 0 Å². The van der Waals surface area contributed by atoms with Gasteiger partial charge in [-0.3, -0.25) is 4.79 Å². The lowest BCUT2D eigenvalue weighted by atomic mass is 9.82. The number of hydrogen-bond acceptors (Lipinski definition) is 2. The van der Waals surface area contributed by atoms with Crippen LogP contribution in [0.5, 0.6) is 5.75 Å². The molecule has 0 bridgehead atoms. The molecule has 0 atom stereocenters. The number of phenolic OH excluding ortho intramolecular Hbond substituents is 1. The van der Waals surface area contributed by atoms with Crippen molar-refractivity contribution in [1.82, 2.24) is 5.32 Å². The van der Waals surface area contributed by atoms with Crippen LogP contribution in [0.4, 0.5) is 0 Å². The van der Waals surface area contributed by atoms with Crippen molar-refractivity contribution in [3.8, 4) is 5.75 Å². The van der Waals surface area contributed by atoms with Crippen LogP contribution in [0, 0.1) is 5.92 Å². The standard InChI is InChI=1S/C13H17NO2/c1-9-6-11(7-9)14-13(16)8-10-4-2-3-5-12(10)15/h2-5,9,11,15H,6-8H2,1H3,(H,14,16). The highest BCUT2D eigenvalue weighted by molar-refractivity contribution is 5.79. The van der Waals surface area contributed by atoms with Gasteiger partial charge in [-0.2, -0.15) is 0 Å². The first-order valence-corrected chi connectivity index (χ1v) is 5.71. The van der Waals surface area contributed by atoms with Gasteiger partial charge in [0.15, 0.2) is 0 Å². The molecular weight excluding hydrogens is 202 g/mol. The Hall–Kier alpha value is -1.51. The summed E-state index contributed by atoms with van der Waals surface area (Å²) in [4.78, 5) is 11.7. The van der Waals surface area contributed by atoms with E-state index in [2.05, 4.69) is 12.2 Å². The van der Waals surface area contributed by atoms with Crippen molar-refractivity contribution in [3.05, 3.63) is 29.8 Å². The normalized spacial score (nSPS) is 23.6. The van der Waals surface area contributed by atoms with E-state index in [1.54, 1.807) is 18.2 Å². The van der Waals surface area contributed by atoms with E-state index in [4.69, 9.17) is 0 Å². The topological polar surface area (TPSA) is 49.3 Å². The summed E-state index contributed by atoms with van der Waals surface area (Å²) in [5.41, 5.74) is 0.687. The largest absolute Gasteiger partial charge is 0.508 e. The van der Waals surface area contributed by atoms with Gasteiger partial charge in [0.2, 0.25) is 5.91 Å². The van der Waals surface area contributed by atoms with Gasteiger partial charge in [-0.05, 0) is 24.8 Å². The number of amides is 1. The van der Waals surface area contributed by atoms with Gasteiger partial charge in [0, 0.05) is 11.6 Å². The summed E-state index contributed by atoms with van der Waals surface area (Å²) in [5.74, 6) is 0.924. The molecule has 16 heavy (non-hydrogen) atoms. The quantitative estimate of drug-likeness (QED) is 0.815. The van der Waals surface area contributed by atoms with Crippen LogP contribution in [-0.4, -0.2) is 17.1 Å². The van der Waals surface area contributed by atoms with Crippen LogP contribution >= 0.6 is 0 Å². The third kappa shape index (κ3) is 2.54. The average molecular weight is 219 g/mol. The van der Waals surface area contributed by atoms with E-state index in [1.807, 2.05) is 6.07 Å². The van der Waals surface area contributed by atoms with Crippen molar-refractivity contribution in [2.75, 3.05) is 0 Å². The van der Waals surface area contributed by atoms with Crippen molar-refractivity contribution in [3.63, 3.8) is 0 Å². The van der Waals surface area contributed by atoms with Gasteiger partial charge in [0.1, 0.15) is 5.75 Å². The molecule has 0 unspecified atom stereocenters. The molecule has 1 aromatic rings. The van der Waals surface area contributed by atoms with E-state index < -0.39 is 0 Å². The maximum Gasteiger partial charge on any atom is 0.224 e. The van der Waals surface area contributed by atoms with E-state index in [0.29, 0.717) is 11.6 Å². The summed E-state index contributed by atoms with van der Waals surface area (Å²) >= 11 is 0. The zero-order chi connectivity index (χ0) is 11.5. The first-order chi connectivity index (χ1) is 7.65. The molecule has 3 nitrogen and oxygen atoms in total. The summed E-state index contributed by atoms with van der Waals surface area (Å²) < 4.78 is 0. The highest BCUT2D eigenvalue weighted by atomic mass is 16.3. The molecule has 1 saturated carbocycles. The van der Waals surface area contributed by atoms with E-state index in [1.165, 1.54) is 0 Å². The maximum atomic E-state index is 11.7. The Kier molecular flexibility index (Phi) is 3.13. The van der Waals surface area contributed by atoms with Gasteiger partial charge in [0.25, 0.3) is 0 Å².